The second-order valence-electron chi connectivity index (χ2n) is 3.88. The lowest BCUT2D eigenvalue weighted by molar-refractivity contribution is -0.128. The number of nitrogens with zero attached hydrogens (tertiary/aromatic N) is 2. The molecule has 2 aliphatic rings. The van der Waals surface area contributed by atoms with E-state index in [1.165, 1.54) is 6.08 Å². The minimum Gasteiger partial charge on any atom is -0.368 e. The molecule has 2 rings (SSSR count). The lowest BCUT2D eigenvalue weighted by atomic mass is 10.1. The van der Waals surface area contributed by atoms with Gasteiger partial charge in [0.1, 0.15) is 6.54 Å². The summed E-state index contributed by atoms with van der Waals surface area (Å²) >= 11 is 0. The van der Waals surface area contributed by atoms with Gasteiger partial charge >= 0.3 is 0 Å². The van der Waals surface area contributed by atoms with Crippen LogP contribution in [0.5, 0.6) is 0 Å². The van der Waals surface area contributed by atoms with Crippen molar-refractivity contribution < 1.29 is 13.6 Å². The summed E-state index contributed by atoms with van der Waals surface area (Å²) in [4.78, 5) is 10.9. The fraction of sp³-hybridized carbons (Fsp3) is 0.500. The van der Waals surface area contributed by atoms with E-state index in [1.807, 2.05) is 6.92 Å². The number of primary amides is 1. The first-order chi connectivity index (χ1) is 7.39. The van der Waals surface area contributed by atoms with Crippen LogP contribution >= 0.6 is 0 Å². The van der Waals surface area contributed by atoms with Crippen molar-refractivity contribution in [2.45, 2.75) is 12.8 Å². The highest BCUT2D eigenvalue weighted by Crippen LogP contribution is 2.53. The van der Waals surface area contributed by atoms with E-state index in [2.05, 4.69) is 6.58 Å². The van der Waals surface area contributed by atoms with Gasteiger partial charge < -0.3 is 5.73 Å². The van der Waals surface area contributed by atoms with Crippen molar-refractivity contribution in [2.24, 2.45) is 11.7 Å². The summed E-state index contributed by atoms with van der Waals surface area (Å²) in [6, 6.07) is 0. The van der Waals surface area contributed by atoms with Gasteiger partial charge in [-0.2, -0.15) is 8.78 Å². The normalized spacial score (nSPS) is 26.3. The number of hydrogen-bond acceptors (Lipinski definition) is 3. The predicted octanol–water partition coefficient (Wildman–Crippen LogP) is 0.687. The Morgan fingerprint density at radius 3 is 2.75 bits per heavy atom. The molecular weight excluding hydrogens is 216 g/mol. The number of hydrogen-bond donors (Lipinski definition) is 1. The smallest absolute Gasteiger partial charge is 0.300 e. The van der Waals surface area contributed by atoms with Gasteiger partial charge in [-0.15, -0.1) is 0 Å². The van der Waals surface area contributed by atoms with Crippen LogP contribution in [0.1, 0.15) is 6.92 Å². The first kappa shape index (κ1) is 10.9. The second kappa shape index (κ2) is 3.20. The van der Waals surface area contributed by atoms with Crippen molar-refractivity contribution in [1.82, 2.24) is 10.0 Å². The first-order valence-electron chi connectivity index (χ1n) is 5.01. The number of nitrogens with two attached hydrogens (primary N) is 1. The van der Waals surface area contributed by atoms with Crippen molar-refractivity contribution in [3.63, 3.8) is 0 Å². The summed E-state index contributed by atoms with van der Waals surface area (Å²) in [6.07, 6.45) is 1.48. The molecule has 0 spiro atoms. The molecule has 1 saturated heterocycles. The molecule has 0 unspecified atom stereocenters. The van der Waals surface area contributed by atoms with E-state index in [-0.39, 0.29) is 12.2 Å². The van der Waals surface area contributed by atoms with Gasteiger partial charge in [-0.25, -0.2) is 0 Å². The maximum atomic E-state index is 13.7. The van der Waals surface area contributed by atoms with Gasteiger partial charge in [0, 0.05) is 12.2 Å². The molecule has 1 heterocycles. The van der Waals surface area contributed by atoms with E-state index >= 15 is 0 Å². The zero-order valence-corrected chi connectivity index (χ0v) is 8.91. The summed E-state index contributed by atoms with van der Waals surface area (Å²) < 4.78 is 27.3. The average molecular weight is 229 g/mol. The number of allylic oxidation sites excluding steroid dienone is 3. The minimum absolute atomic E-state index is 0.272. The quantitative estimate of drug-likeness (QED) is 0.774. The number of rotatable bonds is 3. The van der Waals surface area contributed by atoms with E-state index in [4.69, 9.17) is 5.73 Å². The second-order valence-corrected chi connectivity index (χ2v) is 3.88. The van der Waals surface area contributed by atoms with E-state index < -0.39 is 17.7 Å². The Morgan fingerprint density at radius 2 is 2.25 bits per heavy atom. The molecule has 0 aromatic rings. The van der Waals surface area contributed by atoms with Crippen molar-refractivity contribution in [2.75, 3.05) is 13.1 Å². The van der Waals surface area contributed by atoms with Gasteiger partial charge in [-0.3, -0.25) is 14.8 Å². The van der Waals surface area contributed by atoms with Crippen molar-refractivity contribution in [3.05, 3.63) is 24.0 Å². The lowest BCUT2D eigenvalue weighted by Gasteiger charge is -2.43. The molecule has 0 radical (unpaired) electrons. The van der Waals surface area contributed by atoms with E-state index in [0.29, 0.717) is 12.2 Å². The molecule has 4 nitrogen and oxygen atoms in total. The molecule has 6 heteroatoms. The molecule has 0 aromatic carbocycles. The summed E-state index contributed by atoms with van der Waals surface area (Å²) in [5.74, 6) is -4.52. The molecule has 0 aromatic heterocycles. The monoisotopic (exact) mass is 229 g/mol. The van der Waals surface area contributed by atoms with E-state index in [0.717, 1.165) is 5.01 Å². The molecule has 2 N–H and O–H groups in total. The fourth-order valence-electron chi connectivity index (χ4n) is 1.98. The molecule has 1 atom stereocenters. The van der Waals surface area contributed by atoms with Crippen LogP contribution in [0.15, 0.2) is 24.0 Å². The lowest BCUT2D eigenvalue weighted by Crippen LogP contribution is -2.53. The highest BCUT2D eigenvalue weighted by Gasteiger charge is 2.58. The number of fused-ring (bicyclic) bond motifs is 1. The van der Waals surface area contributed by atoms with Crippen molar-refractivity contribution in [3.8, 4) is 0 Å². The molecule has 88 valence electrons. The Bertz CT molecular complexity index is 392. The molecule has 1 aliphatic carbocycles. The molecular formula is C10H13F2N3O. The van der Waals surface area contributed by atoms with Crippen LogP contribution in [0.2, 0.25) is 0 Å². The van der Waals surface area contributed by atoms with Crippen LogP contribution < -0.4 is 5.73 Å². The van der Waals surface area contributed by atoms with Crippen LogP contribution in [0.25, 0.3) is 0 Å². The zero-order valence-electron chi connectivity index (χ0n) is 8.91. The molecule has 1 amide bonds. The number of alkyl halides is 2. The van der Waals surface area contributed by atoms with Gasteiger partial charge in [0.25, 0.3) is 5.92 Å². The van der Waals surface area contributed by atoms with Gasteiger partial charge in [-0.1, -0.05) is 6.58 Å². The van der Waals surface area contributed by atoms with Crippen molar-refractivity contribution in [1.29, 1.82) is 0 Å². The maximum Gasteiger partial charge on any atom is 0.300 e. The Labute approximate surface area is 92.0 Å². The largest absolute Gasteiger partial charge is 0.368 e. The van der Waals surface area contributed by atoms with E-state index in [1.54, 1.807) is 5.01 Å². The Hall–Kier alpha value is -1.59. The van der Waals surface area contributed by atoms with Crippen LogP contribution in [0, 0.1) is 5.92 Å². The number of carbonyl (C=O) groups excluding carboxylic acids is 1. The predicted molar refractivity (Wildman–Crippen MR) is 53.9 cm³/mol. The first-order valence-corrected chi connectivity index (χ1v) is 5.01. The summed E-state index contributed by atoms with van der Waals surface area (Å²) in [5, 5.41) is 2.78. The molecule has 16 heavy (non-hydrogen) atoms. The summed E-state index contributed by atoms with van der Waals surface area (Å²) in [7, 11) is 0. The Kier molecular flexibility index (Phi) is 2.18. The number of carbonyl (C=O) groups is 1. The SMILES string of the molecule is C=C1N(CC(N)=O)N(CC)C2=C[C@H]2C1(F)F. The zero-order chi connectivity index (χ0) is 12.1. The number of halogens is 2. The average Bonchev–Trinajstić information content (AvgIpc) is 2.95. The van der Waals surface area contributed by atoms with E-state index in [9.17, 15) is 13.6 Å². The van der Waals surface area contributed by atoms with Crippen LogP contribution in [-0.2, 0) is 4.79 Å². The molecule has 0 bridgehead atoms. The Balaban J connectivity index is 2.27. The van der Waals surface area contributed by atoms with Gasteiger partial charge in [-0.05, 0) is 13.0 Å². The van der Waals surface area contributed by atoms with Crippen molar-refractivity contribution >= 4 is 5.91 Å². The fourth-order valence-corrected chi connectivity index (χ4v) is 1.98. The third kappa shape index (κ3) is 1.36. The summed E-state index contributed by atoms with van der Waals surface area (Å²) in [6.45, 7) is 5.42. The summed E-state index contributed by atoms with van der Waals surface area (Å²) in [5.41, 5.74) is 5.21. The number of amides is 1. The topological polar surface area (TPSA) is 49.6 Å². The molecule has 1 aliphatic heterocycles. The highest BCUT2D eigenvalue weighted by atomic mass is 19.3. The van der Waals surface area contributed by atoms with Crippen LogP contribution in [0.4, 0.5) is 8.78 Å². The standard InChI is InChI=1S/C10H13F2N3O/c1-3-14-8-4-7(8)10(11,12)6(2)15(14)5-9(13)16/h4,7H,2-3,5H2,1H3,(H2,13,16)/t7-/m1/s1. The van der Waals surface area contributed by atoms with Gasteiger partial charge in [0.05, 0.1) is 11.6 Å². The number of hydrazine groups is 1. The van der Waals surface area contributed by atoms with Crippen LogP contribution in [0.3, 0.4) is 0 Å². The van der Waals surface area contributed by atoms with Gasteiger partial charge in [0.2, 0.25) is 5.91 Å². The maximum absolute atomic E-state index is 13.7. The Morgan fingerprint density at radius 1 is 1.62 bits per heavy atom. The van der Waals surface area contributed by atoms with Crippen LogP contribution in [-0.4, -0.2) is 34.9 Å². The highest BCUT2D eigenvalue weighted by molar-refractivity contribution is 5.76. The third-order valence-corrected chi connectivity index (χ3v) is 2.83. The molecule has 0 saturated carbocycles. The minimum atomic E-state index is -3.00. The molecule has 1 fully saturated rings. The third-order valence-electron chi connectivity index (χ3n) is 2.83. The van der Waals surface area contributed by atoms with Gasteiger partial charge in [0.15, 0.2) is 0 Å².